The lowest BCUT2D eigenvalue weighted by Crippen LogP contribution is -2.58. The van der Waals surface area contributed by atoms with E-state index in [0.29, 0.717) is 12.0 Å². The fraction of sp³-hybridized carbons (Fsp3) is 0.424. The van der Waals surface area contributed by atoms with Crippen molar-refractivity contribution in [1.82, 2.24) is 32.1 Å². The Morgan fingerprint density at radius 2 is 1.37 bits per heavy atom. The van der Waals surface area contributed by atoms with Crippen molar-refractivity contribution in [3.8, 4) is 0 Å². The number of epoxide rings is 1. The maximum atomic E-state index is 13.0. The summed E-state index contributed by atoms with van der Waals surface area (Å²) in [7, 11) is 0. The van der Waals surface area contributed by atoms with Crippen molar-refractivity contribution >= 4 is 41.4 Å². The van der Waals surface area contributed by atoms with Gasteiger partial charge in [-0.3, -0.25) is 44.4 Å². The highest BCUT2D eigenvalue weighted by molar-refractivity contribution is 5.98. The summed E-state index contributed by atoms with van der Waals surface area (Å²) in [5.41, 5.74) is 5.56. The number of carbonyl (C=O) groups excluding carboxylic acids is 6. The average molecular weight is 683 g/mol. The molecule has 264 valence electrons. The molecule has 1 fully saturated rings. The van der Waals surface area contributed by atoms with Gasteiger partial charge < -0.3 is 36.2 Å². The van der Waals surface area contributed by atoms with Crippen molar-refractivity contribution in [2.24, 2.45) is 5.92 Å². The zero-order valence-electron chi connectivity index (χ0n) is 27.3. The number of rotatable bonds is 17. The number of nitrogens with one attached hydrogen (secondary N) is 6. The second kappa shape index (κ2) is 18.3. The number of ether oxygens (including phenoxy) is 1. The molecule has 49 heavy (non-hydrogen) atoms. The number of aryl methyl sites for hydroxylation is 1. The molecule has 6 amide bonds. The molecule has 3 unspecified atom stereocenters. The van der Waals surface area contributed by atoms with Gasteiger partial charge in [-0.25, -0.2) is 0 Å². The monoisotopic (exact) mass is 682 g/mol. The molecule has 2 aromatic rings. The summed E-state index contributed by atoms with van der Waals surface area (Å²) in [6.07, 6.45) is -3.68. The molecule has 16 nitrogen and oxygen atoms in total. The molecule has 1 heterocycles. The van der Waals surface area contributed by atoms with E-state index in [9.17, 15) is 43.8 Å². The quantitative estimate of drug-likeness (QED) is 0.0746. The number of benzene rings is 2. The third-order valence-electron chi connectivity index (χ3n) is 7.48. The molecule has 0 bridgehead atoms. The Bertz CT molecular complexity index is 1490. The lowest BCUT2D eigenvalue weighted by molar-refractivity contribution is -0.141. The van der Waals surface area contributed by atoms with E-state index in [1.807, 2.05) is 41.2 Å². The van der Waals surface area contributed by atoms with Gasteiger partial charge in [0.05, 0.1) is 12.5 Å². The predicted molar refractivity (Wildman–Crippen MR) is 173 cm³/mol. The van der Waals surface area contributed by atoms with Crippen molar-refractivity contribution in [2.75, 3.05) is 6.54 Å². The summed E-state index contributed by atoms with van der Waals surface area (Å²) < 4.78 is 5.08. The van der Waals surface area contributed by atoms with Crippen LogP contribution in [-0.4, -0.2) is 88.5 Å². The van der Waals surface area contributed by atoms with Crippen molar-refractivity contribution in [1.29, 1.82) is 0 Å². The maximum absolute atomic E-state index is 13.0. The summed E-state index contributed by atoms with van der Waals surface area (Å²) in [5, 5.41) is 29.3. The van der Waals surface area contributed by atoms with E-state index in [4.69, 9.17) is 4.74 Å². The first-order chi connectivity index (χ1) is 23.3. The van der Waals surface area contributed by atoms with Crippen LogP contribution in [0.25, 0.3) is 0 Å². The van der Waals surface area contributed by atoms with Crippen LogP contribution in [0.2, 0.25) is 0 Å². The van der Waals surface area contributed by atoms with Crippen LogP contribution in [0.15, 0.2) is 60.7 Å². The molecule has 1 aliphatic heterocycles. The molecule has 1 saturated heterocycles. The summed E-state index contributed by atoms with van der Waals surface area (Å²) >= 11 is 0. The van der Waals surface area contributed by atoms with Crippen LogP contribution in [0.1, 0.15) is 50.8 Å². The molecule has 6 atom stereocenters. The second-order valence-electron chi connectivity index (χ2n) is 11.8. The SMILES string of the molecule is CC(C)[C@H](NC(=O)CCc1ccccc1)C(=O)N[C@@H](C)C(=O)N[C@@H](CC(=O)O)C(=O)NNC(=O)C1OC1C(=O)NCC(O)c1ccccc1. The Morgan fingerprint density at radius 3 is 1.98 bits per heavy atom. The predicted octanol–water partition coefficient (Wildman–Crippen LogP) is -1.01. The highest BCUT2D eigenvalue weighted by atomic mass is 16.6. The van der Waals surface area contributed by atoms with Gasteiger partial charge in [-0.15, -0.1) is 0 Å². The Balaban J connectivity index is 1.45. The summed E-state index contributed by atoms with van der Waals surface area (Å²) in [6, 6.07) is 14.0. The molecular weight excluding hydrogens is 640 g/mol. The number of hydrazine groups is 1. The van der Waals surface area contributed by atoms with E-state index in [1.54, 1.807) is 44.2 Å². The first-order valence-corrected chi connectivity index (χ1v) is 15.7. The first-order valence-electron chi connectivity index (χ1n) is 15.7. The number of amides is 6. The van der Waals surface area contributed by atoms with E-state index >= 15 is 0 Å². The van der Waals surface area contributed by atoms with Gasteiger partial charge >= 0.3 is 5.97 Å². The molecule has 0 aromatic heterocycles. The van der Waals surface area contributed by atoms with Gasteiger partial charge in [0.15, 0.2) is 12.2 Å². The van der Waals surface area contributed by atoms with E-state index in [2.05, 4.69) is 21.3 Å². The number of hydrogen-bond acceptors (Lipinski definition) is 9. The molecule has 3 rings (SSSR count). The third-order valence-corrected chi connectivity index (χ3v) is 7.48. The number of aliphatic hydroxyl groups is 1. The Kier molecular flexibility index (Phi) is 14.2. The first kappa shape index (κ1) is 38.1. The molecule has 0 radical (unpaired) electrons. The van der Waals surface area contributed by atoms with Gasteiger partial charge in [-0.05, 0) is 30.4 Å². The van der Waals surface area contributed by atoms with Gasteiger partial charge in [0.2, 0.25) is 17.7 Å². The number of hydrogen-bond donors (Lipinski definition) is 8. The van der Waals surface area contributed by atoms with Crippen LogP contribution in [0, 0.1) is 5.92 Å². The summed E-state index contributed by atoms with van der Waals surface area (Å²) in [6.45, 7) is 4.61. The normalized spacial score (nSPS) is 17.3. The van der Waals surface area contributed by atoms with Crippen LogP contribution >= 0.6 is 0 Å². The summed E-state index contributed by atoms with van der Waals surface area (Å²) in [5.74, 6) is -6.38. The Hall–Kier alpha value is -5.35. The molecule has 1 aliphatic rings. The zero-order chi connectivity index (χ0) is 36.1. The molecule has 8 N–H and O–H groups in total. The van der Waals surface area contributed by atoms with Crippen molar-refractivity contribution in [3.05, 3.63) is 71.8 Å². The van der Waals surface area contributed by atoms with Crippen molar-refractivity contribution in [2.45, 2.75) is 76.5 Å². The minimum atomic E-state index is -1.66. The molecule has 0 saturated carbocycles. The van der Waals surface area contributed by atoms with Gasteiger partial charge in [-0.2, -0.15) is 0 Å². The second-order valence-corrected chi connectivity index (χ2v) is 11.8. The average Bonchev–Trinajstić information content (AvgIpc) is 3.89. The van der Waals surface area contributed by atoms with Crippen molar-refractivity contribution < 1.29 is 48.5 Å². The number of carbonyl (C=O) groups is 7. The minimum Gasteiger partial charge on any atom is -0.481 e. The van der Waals surface area contributed by atoms with Crippen LogP contribution in [0.5, 0.6) is 0 Å². The molecule has 0 aliphatic carbocycles. The molecule has 2 aromatic carbocycles. The minimum absolute atomic E-state index is 0.134. The third kappa shape index (κ3) is 12.3. The lowest BCUT2D eigenvalue weighted by atomic mass is 10.0. The topological polar surface area (TPSA) is 245 Å². The van der Waals surface area contributed by atoms with E-state index < -0.39 is 78.4 Å². The molecule has 16 heteroatoms. The fourth-order valence-electron chi connectivity index (χ4n) is 4.62. The van der Waals surface area contributed by atoms with Gasteiger partial charge in [0, 0.05) is 13.0 Å². The lowest BCUT2D eigenvalue weighted by Gasteiger charge is -2.25. The fourth-order valence-corrected chi connectivity index (χ4v) is 4.62. The van der Waals surface area contributed by atoms with Crippen LogP contribution in [-0.2, 0) is 44.7 Å². The zero-order valence-corrected chi connectivity index (χ0v) is 27.3. The largest absolute Gasteiger partial charge is 0.481 e. The standard InChI is InChI=1S/C33H42N6O10/c1-18(2)26(37-24(41)15-14-20-10-6-4-7-11-20)31(46)35-19(3)29(44)36-22(16-25(42)43)30(45)38-39-33(48)28-27(49-28)32(47)34-17-23(40)21-12-8-5-9-13-21/h4-13,18-19,22-23,26-28,40H,14-17H2,1-3H3,(H,34,47)(H,35,46)(H,36,44)(H,37,41)(H,38,45)(H,39,48)(H,42,43)/t19-,22-,23?,26-,27?,28?/m0/s1. The van der Waals surface area contributed by atoms with E-state index in [1.165, 1.54) is 6.92 Å². The molecular formula is C33H42N6O10. The molecule has 0 spiro atoms. The number of carboxylic acids is 1. The van der Waals surface area contributed by atoms with E-state index in [-0.39, 0.29) is 24.8 Å². The number of aliphatic hydroxyl groups excluding tert-OH is 1. The highest BCUT2D eigenvalue weighted by Gasteiger charge is 2.50. The highest BCUT2D eigenvalue weighted by Crippen LogP contribution is 2.22. The smallest absolute Gasteiger partial charge is 0.305 e. The van der Waals surface area contributed by atoms with Crippen LogP contribution in [0.4, 0.5) is 0 Å². The van der Waals surface area contributed by atoms with E-state index in [0.717, 1.165) is 5.56 Å². The van der Waals surface area contributed by atoms with Crippen LogP contribution < -0.4 is 32.1 Å². The maximum Gasteiger partial charge on any atom is 0.305 e. The number of aliphatic carboxylic acids is 1. The summed E-state index contributed by atoms with van der Waals surface area (Å²) in [4.78, 5) is 87.3. The van der Waals surface area contributed by atoms with Crippen LogP contribution in [0.3, 0.4) is 0 Å². The van der Waals surface area contributed by atoms with Gasteiger partial charge in [0.1, 0.15) is 18.1 Å². The van der Waals surface area contributed by atoms with Crippen molar-refractivity contribution in [3.63, 3.8) is 0 Å². The van der Waals surface area contributed by atoms with Gasteiger partial charge in [0.25, 0.3) is 17.7 Å². The Labute approximate surface area is 282 Å². The van der Waals surface area contributed by atoms with Gasteiger partial charge in [-0.1, -0.05) is 74.5 Å². The number of carboxylic acid groups (broad SMARTS) is 1. The Morgan fingerprint density at radius 1 is 0.755 bits per heavy atom.